The van der Waals surface area contributed by atoms with Crippen LogP contribution < -0.4 is 10.6 Å². The summed E-state index contributed by atoms with van der Waals surface area (Å²) in [5.41, 5.74) is 0. The van der Waals surface area contributed by atoms with E-state index in [1.54, 1.807) is 0 Å². The van der Waals surface area contributed by atoms with E-state index in [1.165, 1.54) is 0 Å². The lowest BCUT2D eigenvalue weighted by atomic mass is 9.93. The van der Waals surface area contributed by atoms with E-state index in [1.807, 2.05) is 0 Å². The Labute approximate surface area is 484 Å². The van der Waals surface area contributed by atoms with Crippen LogP contribution in [-0.4, -0.2) is 239 Å². The zero-order chi connectivity index (χ0) is 63.9. The number of nitrogens with one attached hydrogen (secondary N) is 2. The lowest BCUT2D eigenvalue weighted by Crippen LogP contribution is -2.71. The van der Waals surface area contributed by atoms with Crippen LogP contribution in [0.1, 0.15) is 83.1 Å². The average molecular weight is 1250 g/mol. The summed E-state index contributed by atoms with van der Waals surface area (Å²) < 4.78 is 137. The third-order valence-electron chi connectivity index (χ3n) is 12.0. The largest absolute Gasteiger partial charge is 0.463 e. The summed E-state index contributed by atoms with van der Waals surface area (Å²) >= 11 is 0. The summed E-state index contributed by atoms with van der Waals surface area (Å²) in [7, 11) is -5.52. The quantitative estimate of drug-likeness (QED) is 0.0407. The van der Waals surface area contributed by atoms with Gasteiger partial charge in [0, 0.05) is 83.1 Å². The van der Waals surface area contributed by atoms with Crippen LogP contribution >= 0.6 is 0 Å². The maximum absolute atomic E-state index is 13.4. The molecule has 0 radical (unpaired) electrons. The lowest BCUT2D eigenvalue weighted by molar-refractivity contribution is -0.376. The van der Waals surface area contributed by atoms with Gasteiger partial charge in [0.1, 0.15) is 74.6 Å². The molecule has 2 amide bonds. The molecule has 0 aromatic rings. The molecule has 0 unspecified atom stereocenters. The average Bonchev–Trinajstić information content (AvgIpc) is 3.10. The first kappa shape index (κ1) is 70.7. The second kappa shape index (κ2) is 31.5. The minimum atomic E-state index is -5.52. The molecule has 4 aliphatic heterocycles. The number of carbonyl (C=O) groups is 12. The van der Waals surface area contributed by atoms with Crippen LogP contribution in [0.3, 0.4) is 0 Å². The number of ether oxygens (including phenoxy) is 17. The van der Waals surface area contributed by atoms with Gasteiger partial charge in [0.15, 0.2) is 67.9 Å². The first-order valence-corrected chi connectivity index (χ1v) is 26.9. The van der Waals surface area contributed by atoms with Gasteiger partial charge in [-0.05, 0) is 0 Å². The molecule has 480 valence electrons. The summed E-state index contributed by atoms with van der Waals surface area (Å²) in [6.45, 7) is 7.23. The van der Waals surface area contributed by atoms with E-state index in [0.717, 1.165) is 83.1 Å². The topological polar surface area (TPSA) is 470 Å². The minimum Gasteiger partial charge on any atom is -0.463 e. The van der Waals surface area contributed by atoms with Crippen molar-refractivity contribution < 1.29 is 160 Å². The number of carbonyl (C=O) groups excluding carboxylic acids is 12. The Morgan fingerprint density at radius 2 is 0.659 bits per heavy atom. The fourth-order valence-electron chi connectivity index (χ4n) is 9.22. The highest BCUT2D eigenvalue weighted by atomic mass is 32.3. The molecular formula is C48H68N2O34S. The Morgan fingerprint density at radius 1 is 0.353 bits per heavy atom. The van der Waals surface area contributed by atoms with E-state index in [4.69, 9.17) is 84.7 Å². The summed E-state index contributed by atoms with van der Waals surface area (Å²) in [6.07, 6.45) is -36.4. The molecule has 0 aliphatic carbocycles. The van der Waals surface area contributed by atoms with Gasteiger partial charge in [0.05, 0.1) is 6.61 Å². The summed E-state index contributed by atoms with van der Waals surface area (Å²) in [4.78, 5) is 153. The van der Waals surface area contributed by atoms with E-state index in [-0.39, 0.29) is 0 Å². The maximum Gasteiger partial charge on any atom is 0.397 e. The van der Waals surface area contributed by atoms with Crippen LogP contribution in [0.5, 0.6) is 0 Å². The number of esters is 10. The van der Waals surface area contributed by atoms with Crippen molar-refractivity contribution in [2.24, 2.45) is 0 Å². The molecule has 4 aliphatic rings. The maximum atomic E-state index is 13.4. The Balaban J connectivity index is 2.04. The molecular weight excluding hydrogens is 1180 g/mol. The predicted molar refractivity (Wildman–Crippen MR) is 263 cm³/mol. The molecule has 37 heteroatoms. The molecule has 0 aromatic heterocycles. The van der Waals surface area contributed by atoms with Gasteiger partial charge in [0.2, 0.25) is 11.8 Å². The molecule has 4 fully saturated rings. The van der Waals surface area contributed by atoms with Crippen LogP contribution in [0.15, 0.2) is 0 Å². The molecule has 4 saturated heterocycles. The van der Waals surface area contributed by atoms with Crippen molar-refractivity contribution in [2.45, 2.75) is 206 Å². The van der Waals surface area contributed by atoms with Crippen molar-refractivity contribution in [3.05, 3.63) is 0 Å². The molecule has 4 rings (SSSR count). The van der Waals surface area contributed by atoms with Gasteiger partial charge < -0.3 is 96.3 Å². The number of hydrogen-bond donors (Lipinski definition) is 4. The van der Waals surface area contributed by atoms with Crippen LogP contribution in [0.25, 0.3) is 0 Å². The molecule has 0 spiro atoms. The van der Waals surface area contributed by atoms with Gasteiger partial charge in [-0.2, -0.15) is 8.42 Å². The van der Waals surface area contributed by atoms with E-state index >= 15 is 0 Å². The van der Waals surface area contributed by atoms with E-state index in [0.29, 0.717) is 0 Å². The Hall–Kier alpha value is -6.81. The Morgan fingerprint density at radius 3 is 1.06 bits per heavy atom. The van der Waals surface area contributed by atoms with Gasteiger partial charge in [-0.3, -0.25) is 62.1 Å². The standard InChI is InChI=1S/C48H68N2O34S/c1-17(51)49-33-39(35(71-22(6)56)29(78-45(33)63)13-67-19(3)53)83-48-44(77-28(12)62)42(38(73-24(8)58)31(81-48)15-69-21(5)55)84-46-34(50-18(2)52)40(74-25(9)59)36(32(79-46)16-70-85(64,65)66)82-47-43(76-27(11)61)41(75-26(10)60)37(72-23(7)57)30(80-47)14-68-20(4)54/h29-48,63H,13-16H2,1-12H3,(H,49,51)(H,50,52)(H,64,65,66)/t29-,30-,31-,32-,33-,34-,35+,36-,37+,38+,39-,40-,41+,42+,43-,44-,45+,46+,47+,48+/m1/s1. The van der Waals surface area contributed by atoms with E-state index < -0.39 is 231 Å². The van der Waals surface area contributed by atoms with Crippen molar-refractivity contribution in [1.29, 1.82) is 0 Å². The molecule has 0 saturated carbocycles. The van der Waals surface area contributed by atoms with Crippen LogP contribution in [-0.2, 0) is 153 Å². The zero-order valence-electron chi connectivity index (χ0n) is 47.7. The van der Waals surface area contributed by atoms with E-state index in [2.05, 4.69) is 10.6 Å². The molecule has 0 aromatic carbocycles. The third-order valence-corrected chi connectivity index (χ3v) is 12.4. The predicted octanol–water partition coefficient (Wildman–Crippen LogP) is -3.93. The monoisotopic (exact) mass is 1250 g/mol. The van der Waals surface area contributed by atoms with Crippen molar-refractivity contribution in [2.75, 3.05) is 26.4 Å². The molecule has 4 N–H and O–H groups in total. The van der Waals surface area contributed by atoms with E-state index in [9.17, 15) is 75.6 Å². The van der Waals surface area contributed by atoms with Gasteiger partial charge in [-0.15, -0.1) is 0 Å². The fourth-order valence-corrected chi connectivity index (χ4v) is 9.53. The number of aliphatic hydroxyl groups is 1. The molecule has 0 bridgehead atoms. The van der Waals surface area contributed by atoms with Crippen molar-refractivity contribution >= 4 is 81.9 Å². The van der Waals surface area contributed by atoms with Gasteiger partial charge in [-0.1, -0.05) is 0 Å². The van der Waals surface area contributed by atoms with Crippen LogP contribution in [0, 0.1) is 0 Å². The van der Waals surface area contributed by atoms with Gasteiger partial charge >= 0.3 is 70.1 Å². The smallest absolute Gasteiger partial charge is 0.397 e. The zero-order valence-corrected chi connectivity index (χ0v) is 48.6. The number of aliphatic hydroxyl groups excluding tert-OH is 1. The van der Waals surface area contributed by atoms with Crippen molar-refractivity contribution in [3.63, 3.8) is 0 Å². The first-order chi connectivity index (χ1) is 39.5. The SMILES string of the molecule is CC(=O)N[C@@H]1[C@@H](O[C@@H]2O[C@H](COC(C)=O)[C@H](OC(C)=O)[C@H](O[C@@H]3O[C@H](COS(=O)(=O)O)[C@@H](O[C@@H]4O[C@H](COC(C)=O)[C@H](OC(C)=O)[C@H](OC(C)=O)[C@H]4OC(C)=O)[C@H](OC(C)=O)[C@H]3NC(C)=O)[C@H]2OC(C)=O)[C@@H](OC(C)=O)[C@@H](COC(C)=O)O[C@@H]1O. The normalized spacial score (nSPS) is 32.7. The molecule has 36 nitrogen and oxygen atoms in total. The summed E-state index contributed by atoms with van der Waals surface area (Å²) in [6, 6.07) is -3.82. The second-order valence-corrected chi connectivity index (χ2v) is 20.2. The highest BCUT2D eigenvalue weighted by Crippen LogP contribution is 2.39. The lowest BCUT2D eigenvalue weighted by Gasteiger charge is -2.51. The Kier molecular flexibility index (Phi) is 26.2. The first-order valence-electron chi connectivity index (χ1n) is 25.6. The fraction of sp³-hybridized carbons (Fsp3) is 0.750. The van der Waals surface area contributed by atoms with Gasteiger partial charge in [-0.25, -0.2) is 4.18 Å². The highest BCUT2D eigenvalue weighted by molar-refractivity contribution is 7.80. The number of hydrogen-bond acceptors (Lipinski definition) is 33. The molecule has 20 atom stereocenters. The van der Waals surface area contributed by atoms with Gasteiger partial charge in [0.25, 0.3) is 0 Å². The highest BCUT2D eigenvalue weighted by Gasteiger charge is 2.61. The van der Waals surface area contributed by atoms with Crippen molar-refractivity contribution in [3.8, 4) is 0 Å². The minimum absolute atomic E-state index is 0.737. The number of rotatable bonds is 24. The van der Waals surface area contributed by atoms with Crippen LogP contribution in [0.4, 0.5) is 0 Å². The number of amides is 2. The van der Waals surface area contributed by atoms with Crippen molar-refractivity contribution in [1.82, 2.24) is 10.6 Å². The molecule has 4 heterocycles. The third kappa shape index (κ3) is 21.6. The summed E-state index contributed by atoms with van der Waals surface area (Å²) in [5.74, 6) is -12.5. The second-order valence-electron chi connectivity index (χ2n) is 19.1. The Bertz CT molecular complexity index is 2560. The molecule has 85 heavy (non-hydrogen) atoms. The van der Waals surface area contributed by atoms with Crippen LogP contribution in [0.2, 0.25) is 0 Å². The summed E-state index contributed by atoms with van der Waals surface area (Å²) in [5, 5.41) is 16.1.